The quantitative estimate of drug-likeness (QED) is 0.698. The van der Waals surface area contributed by atoms with Crippen LogP contribution in [0.1, 0.15) is 36.8 Å². The molecule has 0 saturated heterocycles. The Morgan fingerprint density at radius 1 is 0.864 bits per heavy atom. The SMILES string of the molecule is CC(C)n1nc(C(F)(F)F)c2c1\C=C/C=C\C=C/C=C\C=C2. The van der Waals surface area contributed by atoms with Gasteiger partial charge in [0.2, 0.25) is 0 Å². The number of fused-ring (bicyclic) bond motifs is 1. The van der Waals surface area contributed by atoms with Gasteiger partial charge in [0.1, 0.15) is 0 Å². The van der Waals surface area contributed by atoms with Gasteiger partial charge in [-0.3, -0.25) is 4.68 Å². The smallest absolute Gasteiger partial charge is 0.262 e. The molecule has 0 radical (unpaired) electrons. The summed E-state index contributed by atoms with van der Waals surface area (Å²) in [5.41, 5.74) is -0.330. The van der Waals surface area contributed by atoms with E-state index in [0.717, 1.165) is 0 Å². The highest BCUT2D eigenvalue weighted by Crippen LogP contribution is 2.35. The lowest BCUT2D eigenvalue weighted by Gasteiger charge is -2.08. The Labute approximate surface area is 127 Å². The Kier molecular flexibility index (Phi) is 4.85. The molecule has 0 amide bonds. The van der Waals surface area contributed by atoms with E-state index in [2.05, 4.69) is 5.10 Å². The maximum Gasteiger partial charge on any atom is 0.435 e. The molecule has 0 aliphatic heterocycles. The monoisotopic (exact) mass is 306 g/mol. The van der Waals surface area contributed by atoms with E-state index in [0.29, 0.717) is 5.69 Å². The zero-order valence-electron chi connectivity index (χ0n) is 12.4. The topological polar surface area (TPSA) is 17.8 Å². The molecule has 0 atom stereocenters. The first-order chi connectivity index (χ1) is 10.4. The summed E-state index contributed by atoms with van der Waals surface area (Å²) < 4.78 is 41.1. The number of hydrogen-bond acceptors (Lipinski definition) is 1. The van der Waals surface area contributed by atoms with Crippen molar-refractivity contribution in [1.29, 1.82) is 0 Å². The predicted octanol–water partition coefficient (Wildman–Crippen LogP) is 5.19. The zero-order valence-corrected chi connectivity index (χ0v) is 12.4. The lowest BCUT2D eigenvalue weighted by atomic mass is 10.1. The van der Waals surface area contributed by atoms with Gasteiger partial charge >= 0.3 is 6.18 Å². The van der Waals surface area contributed by atoms with Crippen molar-refractivity contribution in [2.75, 3.05) is 0 Å². The van der Waals surface area contributed by atoms with Crippen molar-refractivity contribution in [3.05, 3.63) is 65.6 Å². The Balaban J connectivity index is 2.67. The third-order valence-electron chi connectivity index (χ3n) is 3.04. The van der Waals surface area contributed by atoms with Gasteiger partial charge in [-0.05, 0) is 19.9 Å². The van der Waals surface area contributed by atoms with Crippen molar-refractivity contribution >= 4 is 12.2 Å². The van der Waals surface area contributed by atoms with E-state index in [1.165, 1.54) is 10.8 Å². The normalized spacial score (nSPS) is 20.8. The molecule has 1 aliphatic rings. The number of aromatic nitrogens is 2. The zero-order chi connectivity index (χ0) is 16.2. The first-order valence-corrected chi connectivity index (χ1v) is 6.95. The van der Waals surface area contributed by atoms with Gasteiger partial charge < -0.3 is 0 Å². The standard InChI is InChI=1S/C17H17F3N2/c1-13(2)22-15-12-10-8-6-4-3-5-7-9-11-14(15)16(21-22)17(18,19)20/h3-13H,1-2H3/b4-3-,5-3?,6-4?,7-5-,8-6-,9-7?,10-8?,11-9?,12-10-,14-11?,15-12?. The summed E-state index contributed by atoms with van der Waals surface area (Å²) in [5.74, 6) is 0. The number of rotatable bonds is 1. The second kappa shape index (κ2) is 6.64. The van der Waals surface area contributed by atoms with Crippen LogP contribution in [0.2, 0.25) is 0 Å². The highest BCUT2D eigenvalue weighted by atomic mass is 19.4. The average molecular weight is 306 g/mol. The summed E-state index contributed by atoms with van der Waals surface area (Å²) in [5, 5.41) is 3.78. The first-order valence-electron chi connectivity index (χ1n) is 6.95. The highest BCUT2D eigenvalue weighted by Gasteiger charge is 2.38. The third kappa shape index (κ3) is 3.67. The molecule has 1 aliphatic carbocycles. The maximum absolute atomic E-state index is 13.2. The number of allylic oxidation sites excluding steroid dienone is 8. The van der Waals surface area contributed by atoms with E-state index in [-0.39, 0.29) is 11.6 Å². The Hall–Kier alpha value is -2.30. The predicted molar refractivity (Wildman–Crippen MR) is 83.1 cm³/mol. The van der Waals surface area contributed by atoms with Crippen LogP contribution in [0.3, 0.4) is 0 Å². The van der Waals surface area contributed by atoms with Crippen molar-refractivity contribution < 1.29 is 13.2 Å². The van der Waals surface area contributed by atoms with Crippen LogP contribution in [0.5, 0.6) is 0 Å². The van der Waals surface area contributed by atoms with Gasteiger partial charge in [-0.25, -0.2) is 0 Å². The molecule has 22 heavy (non-hydrogen) atoms. The van der Waals surface area contributed by atoms with E-state index in [1.54, 1.807) is 56.4 Å². The molecule has 0 aromatic carbocycles. The van der Waals surface area contributed by atoms with Crippen LogP contribution < -0.4 is 0 Å². The molecule has 0 unspecified atom stereocenters. The van der Waals surface area contributed by atoms with E-state index in [1.807, 2.05) is 12.2 Å². The van der Waals surface area contributed by atoms with Gasteiger partial charge in [0, 0.05) is 11.6 Å². The second-order valence-electron chi connectivity index (χ2n) is 5.06. The molecule has 1 aromatic heterocycles. The molecule has 2 rings (SSSR count). The number of nitrogens with zero attached hydrogens (tertiary/aromatic N) is 2. The van der Waals surface area contributed by atoms with Gasteiger partial charge in [-0.15, -0.1) is 0 Å². The van der Waals surface area contributed by atoms with Crippen LogP contribution in [-0.2, 0) is 6.18 Å². The second-order valence-corrected chi connectivity index (χ2v) is 5.06. The van der Waals surface area contributed by atoms with Gasteiger partial charge in [-0.2, -0.15) is 18.3 Å². The summed E-state index contributed by atoms with van der Waals surface area (Å²) >= 11 is 0. The Morgan fingerprint density at radius 3 is 1.86 bits per heavy atom. The molecular weight excluding hydrogens is 289 g/mol. The fourth-order valence-electron chi connectivity index (χ4n) is 2.08. The van der Waals surface area contributed by atoms with Crippen LogP contribution in [0.4, 0.5) is 13.2 Å². The number of alkyl halides is 3. The van der Waals surface area contributed by atoms with Gasteiger partial charge in [0.15, 0.2) is 5.69 Å². The lowest BCUT2D eigenvalue weighted by Crippen LogP contribution is -2.10. The Morgan fingerprint density at radius 2 is 1.36 bits per heavy atom. The lowest BCUT2D eigenvalue weighted by molar-refractivity contribution is -0.141. The number of hydrogen-bond donors (Lipinski definition) is 0. The minimum absolute atomic E-state index is 0.0834. The van der Waals surface area contributed by atoms with Crippen molar-refractivity contribution in [2.24, 2.45) is 0 Å². The van der Waals surface area contributed by atoms with Crippen LogP contribution in [0.15, 0.2) is 48.6 Å². The molecule has 2 nitrogen and oxygen atoms in total. The molecular formula is C17H17F3N2. The molecule has 1 heterocycles. The van der Waals surface area contributed by atoms with E-state index < -0.39 is 11.9 Å². The fourth-order valence-corrected chi connectivity index (χ4v) is 2.08. The van der Waals surface area contributed by atoms with E-state index in [4.69, 9.17) is 0 Å². The van der Waals surface area contributed by atoms with Crippen LogP contribution in [-0.4, -0.2) is 9.78 Å². The molecule has 0 fully saturated rings. The third-order valence-corrected chi connectivity index (χ3v) is 3.04. The largest absolute Gasteiger partial charge is 0.435 e. The van der Waals surface area contributed by atoms with Crippen molar-refractivity contribution in [3.63, 3.8) is 0 Å². The van der Waals surface area contributed by atoms with Crippen LogP contribution in [0, 0.1) is 0 Å². The highest BCUT2D eigenvalue weighted by molar-refractivity contribution is 5.67. The van der Waals surface area contributed by atoms with Crippen LogP contribution in [0.25, 0.3) is 12.2 Å². The molecule has 5 heteroatoms. The molecule has 0 spiro atoms. The maximum atomic E-state index is 13.2. The van der Waals surface area contributed by atoms with Crippen molar-refractivity contribution in [3.8, 4) is 0 Å². The summed E-state index contributed by atoms with van der Waals surface area (Å²) in [7, 11) is 0. The minimum atomic E-state index is -4.49. The van der Waals surface area contributed by atoms with Crippen molar-refractivity contribution in [2.45, 2.75) is 26.1 Å². The first kappa shape index (κ1) is 16.1. The summed E-state index contributed by atoms with van der Waals surface area (Å²) in [6.45, 7) is 3.61. The Bertz CT molecular complexity index is 669. The van der Waals surface area contributed by atoms with E-state index >= 15 is 0 Å². The van der Waals surface area contributed by atoms with Gasteiger partial charge in [0.25, 0.3) is 0 Å². The molecule has 116 valence electrons. The van der Waals surface area contributed by atoms with Gasteiger partial charge in [0.05, 0.1) is 5.69 Å². The fraction of sp³-hybridized carbons (Fsp3) is 0.235. The van der Waals surface area contributed by atoms with Crippen molar-refractivity contribution in [1.82, 2.24) is 9.78 Å². The molecule has 1 aromatic rings. The van der Waals surface area contributed by atoms with Crippen LogP contribution >= 0.6 is 0 Å². The van der Waals surface area contributed by atoms with Gasteiger partial charge in [-0.1, -0.05) is 54.7 Å². The molecule has 0 N–H and O–H groups in total. The molecule has 0 saturated carbocycles. The summed E-state index contributed by atoms with van der Waals surface area (Å²) in [4.78, 5) is 0. The summed E-state index contributed by atoms with van der Waals surface area (Å²) in [6.07, 6.45) is 12.6. The molecule has 0 bridgehead atoms. The summed E-state index contributed by atoms with van der Waals surface area (Å²) in [6, 6.07) is -0.171. The minimum Gasteiger partial charge on any atom is -0.262 e. The average Bonchev–Trinajstić information content (AvgIpc) is 2.77. The number of halogens is 3. The van der Waals surface area contributed by atoms with E-state index in [9.17, 15) is 13.2 Å².